The number of pyridine rings is 1. The number of ether oxygens (including phenoxy) is 2. The fourth-order valence-corrected chi connectivity index (χ4v) is 4.39. The molecule has 0 saturated carbocycles. The van der Waals surface area contributed by atoms with E-state index in [1.54, 1.807) is 22.8 Å². The first kappa shape index (κ1) is 23.3. The summed E-state index contributed by atoms with van der Waals surface area (Å²) in [6.45, 7) is 1.33. The predicted octanol–water partition coefficient (Wildman–Crippen LogP) is 1.65. The molecule has 37 heavy (non-hydrogen) atoms. The second-order valence-corrected chi connectivity index (χ2v) is 8.95. The maximum atomic E-state index is 12.5. The highest BCUT2D eigenvalue weighted by Gasteiger charge is 2.27. The van der Waals surface area contributed by atoms with E-state index in [-0.39, 0.29) is 25.2 Å². The molecule has 12 heteroatoms. The van der Waals surface area contributed by atoms with Gasteiger partial charge in [0.05, 0.1) is 17.9 Å². The molecule has 2 aliphatic rings. The fraction of sp³-hybridized carbons (Fsp3) is 0.360. The molecule has 3 aromatic heterocycles. The third kappa shape index (κ3) is 4.68. The van der Waals surface area contributed by atoms with Gasteiger partial charge in [0.25, 0.3) is 5.91 Å². The van der Waals surface area contributed by atoms with Gasteiger partial charge in [-0.05, 0) is 31.0 Å². The number of nitrogens with zero attached hydrogens (tertiary/aromatic N) is 6. The van der Waals surface area contributed by atoms with E-state index in [0.717, 1.165) is 23.6 Å². The zero-order chi connectivity index (χ0) is 25.2. The number of hydrogen-bond donors (Lipinski definition) is 2. The normalized spacial score (nSPS) is 18.1. The summed E-state index contributed by atoms with van der Waals surface area (Å²) in [5.41, 5.74) is 2.26. The highest BCUT2D eigenvalue weighted by Crippen LogP contribution is 2.28. The molecule has 2 N–H and O–H groups in total. The number of aliphatic hydroxyl groups excluding tert-OH is 1. The number of hydrogen-bond acceptors (Lipinski definition) is 10. The molecule has 1 atom stereocenters. The Balaban J connectivity index is 1.22. The Morgan fingerprint density at radius 3 is 2.73 bits per heavy atom. The van der Waals surface area contributed by atoms with Crippen molar-refractivity contribution in [1.82, 2.24) is 30.1 Å². The van der Waals surface area contributed by atoms with Crippen LogP contribution in [0, 0.1) is 0 Å². The molecule has 0 aliphatic carbocycles. The Bertz CT molecular complexity index is 1460. The number of amides is 1. The van der Waals surface area contributed by atoms with Gasteiger partial charge < -0.3 is 24.7 Å². The molecule has 5 heterocycles. The third-order valence-electron chi connectivity index (χ3n) is 6.42. The van der Waals surface area contributed by atoms with Gasteiger partial charge in [0.15, 0.2) is 11.8 Å². The molecule has 0 spiro atoms. The minimum atomic E-state index is -0.411. The smallest absolute Gasteiger partial charge is 0.253 e. The molecular weight excluding hydrogens is 478 g/mol. The molecule has 190 valence electrons. The van der Waals surface area contributed by atoms with Crippen LogP contribution < -0.4 is 10.1 Å². The second kappa shape index (κ2) is 10.1. The topological polar surface area (TPSA) is 145 Å². The van der Waals surface area contributed by atoms with E-state index >= 15 is 0 Å². The largest absolute Gasteiger partial charge is 0.470 e. The van der Waals surface area contributed by atoms with E-state index in [9.17, 15) is 9.90 Å². The Morgan fingerprint density at radius 1 is 1.14 bits per heavy atom. The SMILES string of the molecule is O=C(NC1CCOCC1)c1ccc(COc2nn3c(C4=NOC(CO)C4)nnc3c3ccccc23)nc1. The molecule has 6 rings (SSSR count). The molecule has 1 unspecified atom stereocenters. The Hall–Kier alpha value is -4.16. The number of rotatable bonds is 7. The van der Waals surface area contributed by atoms with Crippen LogP contribution in [-0.2, 0) is 16.2 Å². The van der Waals surface area contributed by atoms with Crippen molar-refractivity contribution in [2.75, 3.05) is 19.8 Å². The van der Waals surface area contributed by atoms with Crippen molar-refractivity contribution in [3.8, 4) is 5.88 Å². The third-order valence-corrected chi connectivity index (χ3v) is 6.42. The van der Waals surface area contributed by atoms with Gasteiger partial charge in [-0.1, -0.05) is 23.4 Å². The lowest BCUT2D eigenvalue weighted by atomic mass is 10.1. The van der Waals surface area contributed by atoms with Crippen molar-refractivity contribution >= 4 is 28.0 Å². The van der Waals surface area contributed by atoms with Gasteiger partial charge in [-0.25, -0.2) is 0 Å². The summed E-state index contributed by atoms with van der Waals surface area (Å²) < 4.78 is 13.0. The van der Waals surface area contributed by atoms with Crippen LogP contribution in [0.1, 0.15) is 41.1 Å². The van der Waals surface area contributed by atoms with Crippen molar-refractivity contribution in [2.24, 2.45) is 5.16 Å². The zero-order valence-electron chi connectivity index (χ0n) is 19.9. The Morgan fingerprint density at radius 2 is 1.97 bits per heavy atom. The van der Waals surface area contributed by atoms with E-state index in [1.807, 2.05) is 24.3 Å². The van der Waals surface area contributed by atoms with Gasteiger partial charge >= 0.3 is 0 Å². The average molecular weight is 504 g/mol. The average Bonchev–Trinajstić information content (AvgIpc) is 3.59. The predicted molar refractivity (Wildman–Crippen MR) is 131 cm³/mol. The number of oxime groups is 1. The number of aromatic nitrogens is 5. The van der Waals surface area contributed by atoms with Crippen molar-refractivity contribution < 1.29 is 24.2 Å². The standard InChI is InChI=1S/C25H25N7O5/c33-13-18-11-21(31-37-18)23-29-28-22-19-3-1-2-4-20(19)25(30-32(22)23)36-14-17-6-5-15(12-26-17)24(34)27-16-7-9-35-10-8-16/h1-6,12,16,18,33H,7-11,13-14H2,(H,27,34). The number of benzene rings is 1. The monoisotopic (exact) mass is 503 g/mol. The first-order valence-corrected chi connectivity index (χ1v) is 12.1. The maximum absolute atomic E-state index is 12.5. The van der Waals surface area contributed by atoms with E-state index in [2.05, 4.69) is 30.8 Å². The second-order valence-electron chi connectivity index (χ2n) is 8.95. The number of carbonyl (C=O) groups excluding carboxylic acids is 1. The first-order chi connectivity index (χ1) is 18.2. The van der Waals surface area contributed by atoms with Crippen LogP contribution in [0.25, 0.3) is 16.4 Å². The molecular formula is C25H25N7O5. The Kier molecular flexibility index (Phi) is 6.33. The zero-order valence-corrected chi connectivity index (χ0v) is 19.9. The van der Waals surface area contributed by atoms with Gasteiger partial charge in [-0.15, -0.1) is 15.3 Å². The van der Waals surface area contributed by atoms with Gasteiger partial charge in [0, 0.05) is 42.6 Å². The highest BCUT2D eigenvalue weighted by molar-refractivity contribution is 6.01. The number of fused-ring (bicyclic) bond motifs is 3. The maximum Gasteiger partial charge on any atom is 0.253 e. The summed E-state index contributed by atoms with van der Waals surface area (Å²) in [5.74, 6) is 0.664. The molecule has 1 amide bonds. The van der Waals surface area contributed by atoms with E-state index in [0.29, 0.717) is 54.0 Å². The number of carbonyl (C=O) groups is 1. The van der Waals surface area contributed by atoms with Gasteiger partial charge in [-0.2, -0.15) is 4.52 Å². The van der Waals surface area contributed by atoms with Gasteiger partial charge in [-0.3, -0.25) is 9.78 Å². The van der Waals surface area contributed by atoms with E-state index in [1.165, 1.54) is 0 Å². The highest BCUT2D eigenvalue weighted by atomic mass is 16.6. The van der Waals surface area contributed by atoms with Crippen LogP contribution in [-0.4, -0.2) is 73.5 Å². The summed E-state index contributed by atoms with van der Waals surface area (Å²) in [5, 5.41) is 31.3. The van der Waals surface area contributed by atoms with Crippen LogP contribution in [0.2, 0.25) is 0 Å². The minimum absolute atomic E-state index is 0.123. The lowest BCUT2D eigenvalue weighted by molar-refractivity contribution is 0.0390. The quantitative estimate of drug-likeness (QED) is 0.384. The lowest BCUT2D eigenvalue weighted by Crippen LogP contribution is -2.38. The molecule has 2 aliphatic heterocycles. The minimum Gasteiger partial charge on any atom is -0.470 e. The van der Waals surface area contributed by atoms with Crippen molar-refractivity contribution in [3.05, 3.63) is 59.7 Å². The number of nitrogens with one attached hydrogen (secondary N) is 1. The molecule has 0 radical (unpaired) electrons. The summed E-state index contributed by atoms with van der Waals surface area (Å²) in [6.07, 6.45) is 3.17. The van der Waals surface area contributed by atoms with Crippen LogP contribution in [0.5, 0.6) is 5.88 Å². The Labute approximate surface area is 211 Å². The van der Waals surface area contributed by atoms with Crippen molar-refractivity contribution in [2.45, 2.75) is 38.0 Å². The summed E-state index contributed by atoms with van der Waals surface area (Å²) in [7, 11) is 0. The molecule has 1 aromatic carbocycles. The van der Waals surface area contributed by atoms with Crippen LogP contribution in [0.3, 0.4) is 0 Å². The molecule has 12 nitrogen and oxygen atoms in total. The molecule has 4 aromatic rings. The molecule has 0 bridgehead atoms. The molecule has 1 saturated heterocycles. The van der Waals surface area contributed by atoms with Gasteiger partial charge in [0.1, 0.15) is 12.3 Å². The number of aliphatic hydroxyl groups is 1. The molecule has 1 fully saturated rings. The van der Waals surface area contributed by atoms with Crippen molar-refractivity contribution in [1.29, 1.82) is 0 Å². The van der Waals surface area contributed by atoms with Gasteiger partial charge in [0.2, 0.25) is 11.7 Å². The van der Waals surface area contributed by atoms with Crippen molar-refractivity contribution in [3.63, 3.8) is 0 Å². The summed E-state index contributed by atoms with van der Waals surface area (Å²) >= 11 is 0. The first-order valence-electron chi connectivity index (χ1n) is 12.1. The lowest BCUT2D eigenvalue weighted by Gasteiger charge is -2.23. The van der Waals surface area contributed by atoms with Crippen LogP contribution >= 0.6 is 0 Å². The van der Waals surface area contributed by atoms with Crippen LogP contribution in [0.4, 0.5) is 0 Å². The van der Waals surface area contributed by atoms with Crippen LogP contribution in [0.15, 0.2) is 47.8 Å². The fourth-order valence-electron chi connectivity index (χ4n) is 4.39. The van der Waals surface area contributed by atoms with E-state index < -0.39 is 6.10 Å². The van der Waals surface area contributed by atoms with E-state index in [4.69, 9.17) is 14.3 Å². The summed E-state index contributed by atoms with van der Waals surface area (Å²) in [4.78, 5) is 22.2. The summed E-state index contributed by atoms with van der Waals surface area (Å²) in [6, 6.07) is 11.3.